The molecule has 0 aliphatic carbocycles. The third kappa shape index (κ3) is 2.16. The summed E-state index contributed by atoms with van der Waals surface area (Å²) in [4.78, 5) is 26.1. The summed E-state index contributed by atoms with van der Waals surface area (Å²) in [5.41, 5.74) is 0.954. The summed E-state index contributed by atoms with van der Waals surface area (Å²) in [6.45, 7) is 6.06. The first kappa shape index (κ1) is 13.4. The highest BCUT2D eigenvalue weighted by Gasteiger charge is 2.21. The zero-order valence-electron chi connectivity index (χ0n) is 11.3. The van der Waals surface area contributed by atoms with Crippen molar-refractivity contribution in [2.45, 2.75) is 33.2 Å². The van der Waals surface area contributed by atoms with Gasteiger partial charge < -0.3 is 10.1 Å². The van der Waals surface area contributed by atoms with Gasteiger partial charge in [-0.2, -0.15) is 0 Å². The number of nitrogens with one attached hydrogen (secondary N) is 1. The number of imidazole rings is 1. The van der Waals surface area contributed by atoms with Gasteiger partial charge in [0.05, 0.1) is 16.6 Å². The molecule has 0 spiro atoms. The third-order valence-electron chi connectivity index (χ3n) is 3.84. The lowest BCUT2D eigenvalue weighted by molar-refractivity contribution is 0.0698. The molecule has 1 heterocycles. The molecule has 102 valence electrons. The van der Waals surface area contributed by atoms with E-state index < -0.39 is 5.97 Å². The summed E-state index contributed by atoms with van der Waals surface area (Å²) in [7, 11) is 0. The Hall–Kier alpha value is -2.04. The monoisotopic (exact) mass is 262 g/mol. The van der Waals surface area contributed by atoms with Gasteiger partial charge in [-0.1, -0.05) is 26.3 Å². The maximum absolute atomic E-state index is 12.1. The number of carboxylic acids is 1. The molecule has 2 unspecified atom stereocenters. The Morgan fingerprint density at radius 2 is 2.11 bits per heavy atom. The normalized spacial score (nSPS) is 14.5. The van der Waals surface area contributed by atoms with Gasteiger partial charge >= 0.3 is 11.7 Å². The largest absolute Gasteiger partial charge is 0.478 e. The summed E-state index contributed by atoms with van der Waals surface area (Å²) in [6.07, 6.45) is 0.926. The number of H-pyrrole nitrogens is 1. The highest BCUT2D eigenvalue weighted by molar-refractivity contribution is 6.01. The van der Waals surface area contributed by atoms with E-state index in [9.17, 15) is 14.7 Å². The fraction of sp³-hybridized carbons (Fsp3) is 0.429. The number of aromatic carboxylic acids is 1. The average molecular weight is 262 g/mol. The van der Waals surface area contributed by atoms with E-state index in [1.54, 1.807) is 16.7 Å². The molecular weight excluding hydrogens is 244 g/mol. The molecular formula is C14H18N2O3. The lowest BCUT2D eigenvalue weighted by Crippen LogP contribution is -2.25. The van der Waals surface area contributed by atoms with Crippen LogP contribution in [0.1, 0.15) is 43.6 Å². The van der Waals surface area contributed by atoms with Gasteiger partial charge in [0.1, 0.15) is 0 Å². The van der Waals surface area contributed by atoms with E-state index in [4.69, 9.17) is 0 Å². The van der Waals surface area contributed by atoms with E-state index in [1.165, 1.54) is 6.07 Å². The minimum absolute atomic E-state index is 0.0493. The van der Waals surface area contributed by atoms with Crippen molar-refractivity contribution in [3.05, 3.63) is 34.2 Å². The van der Waals surface area contributed by atoms with Crippen molar-refractivity contribution in [3.63, 3.8) is 0 Å². The summed E-state index contributed by atoms with van der Waals surface area (Å²) in [5, 5.41) is 9.26. The van der Waals surface area contributed by atoms with Crippen LogP contribution in [0.2, 0.25) is 0 Å². The van der Waals surface area contributed by atoms with Crippen LogP contribution in [-0.2, 0) is 0 Å². The van der Waals surface area contributed by atoms with Gasteiger partial charge in [0.15, 0.2) is 0 Å². The lowest BCUT2D eigenvalue weighted by Gasteiger charge is -2.20. The first-order chi connectivity index (χ1) is 8.97. The van der Waals surface area contributed by atoms with Crippen LogP contribution >= 0.6 is 0 Å². The number of rotatable bonds is 4. The van der Waals surface area contributed by atoms with Crippen LogP contribution < -0.4 is 5.69 Å². The van der Waals surface area contributed by atoms with E-state index in [2.05, 4.69) is 18.8 Å². The van der Waals surface area contributed by atoms with E-state index in [0.29, 0.717) is 17.0 Å². The second-order valence-electron chi connectivity index (χ2n) is 4.93. The van der Waals surface area contributed by atoms with E-state index >= 15 is 0 Å². The Morgan fingerprint density at radius 3 is 2.68 bits per heavy atom. The van der Waals surface area contributed by atoms with Crippen LogP contribution in [0.25, 0.3) is 11.0 Å². The number of benzene rings is 1. The van der Waals surface area contributed by atoms with Crippen molar-refractivity contribution in [2.75, 3.05) is 0 Å². The molecule has 0 radical (unpaired) electrons. The van der Waals surface area contributed by atoms with Gasteiger partial charge in [0, 0.05) is 6.04 Å². The summed E-state index contributed by atoms with van der Waals surface area (Å²) in [6, 6.07) is 4.84. The molecule has 2 aromatic rings. The topological polar surface area (TPSA) is 75.1 Å². The molecule has 1 aromatic heterocycles. The third-order valence-corrected chi connectivity index (χ3v) is 3.84. The van der Waals surface area contributed by atoms with Gasteiger partial charge in [0.25, 0.3) is 0 Å². The number of nitrogens with zero attached hydrogens (tertiary/aromatic N) is 1. The maximum Gasteiger partial charge on any atom is 0.337 e. The van der Waals surface area contributed by atoms with Crippen molar-refractivity contribution in [1.82, 2.24) is 9.55 Å². The fourth-order valence-electron chi connectivity index (χ4n) is 2.34. The minimum atomic E-state index is -1.02. The Morgan fingerprint density at radius 1 is 1.42 bits per heavy atom. The number of aromatic amines is 1. The molecule has 0 saturated heterocycles. The fourth-order valence-corrected chi connectivity index (χ4v) is 2.34. The highest BCUT2D eigenvalue weighted by Crippen LogP contribution is 2.25. The lowest BCUT2D eigenvalue weighted by atomic mass is 10.0. The SMILES string of the molecule is CCC(C)C(C)n1c(=O)[nH]c2cccc(C(=O)O)c21. The van der Waals surface area contributed by atoms with E-state index in [0.717, 1.165) is 6.42 Å². The first-order valence-electron chi connectivity index (χ1n) is 6.43. The van der Waals surface area contributed by atoms with Gasteiger partial charge in [0.2, 0.25) is 0 Å². The standard InChI is InChI=1S/C14H18N2O3/c1-4-8(2)9(3)16-12-10(13(17)18)6-5-7-11(12)15-14(16)19/h5-9H,4H2,1-3H3,(H,15,19)(H,17,18). The Bertz CT molecular complexity index is 669. The average Bonchev–Trinajstić information content (AvgIpc) is 2.72. The molecule has 0 aliphatic rings. The molecule has 0 amide bonds. The predicted molar refractivity (Wildman–Crippen MR) is 73.7 cm³/mol. The smallest absolute Gasteiger partial charge is 0.337 e. The van der Waals surface area contributed by atoms with Gasteiger partial charge in [-0.15, -0.1) is 0 Å². The first-order valence-corrected chi connectivity index (χ1v) is 6.43. The number of hydrogen-bond donors (Lipinski definition) is 2. The molecule has 1 aromatic carbocycles. The molecule has 5 nitrogen and oxygen atoms in total. The van der Waals surface area contributed by atoms with Crippen LogP contribution in [0.3, 0.4) is 0 Å². The molecule has 0 fully saturated rings. The molecule has 0 aliphatic heterocycles. The molecule has 2 atom stereocenters. The van der Waals surface area contributed by atoms with Crippen LogP contribution in [0.4, 0.5) is 0 Å². The molecule has 0 bridgehead atoms. The Balaban J connectivity index is 2.76. The maximum atomic E-state index is 12.1. The van der Waals surface area contributed by atoms with Gasteiger partial charge in [-0.3, -0.25) is 4.57 Å². The number of aromatic nitrogens is 2. The van der Waals surface area contributed by atoms with E-state index in [1.807, 2.05) is 6.92 Å². The summed E-state index contributed by atoms with van der Waals surface area (Å²) >= 11 is 0. The number of hydrogen-bond acceptors (Lipinski definition) is 2. The van der Waals surface area contributed by atoms with Crippen LogP contribution in [0.15, 0.2) is 23.0 Å². The van der Waals surface area contributed by atoms with Crippen LogP contribution in [0.5, 0.6) is 0 Å². The quantitative estimate of drug-likeness (QED) is 0.889. The summed E-state index contributed by atoms with van der Waals surface area (Å²) < 4.78 is 1.56. The Labute approximate surface area is 110 Å². The molecule has 5 heteroatoms. The molecule has 0 saturated carbocycles. The van der Waals surface area contributed by atoms with Crippen molar-refractivity contribution in [1.29, 1.82) is 0 Å². The second-order valence-corrected chi connectivity index (χ2v) is 4.93. The molecule has 19 heavy (non-hydrogen) atoms. The van der Waals surface area contributed by atoms with Crippen LogP contribution in [0, 0.1) is 5.92 Å². The number of fused-ring (bicyclic) bond motifs is 1. The van der Waals surface area contributed by atoms with Gasteiger partial charge in [-0.25, -0.2) is 9.59 Å². The predicted octanol–water partition coefficient (Wildman–Crippen LogP) is 2.63. The molecule has 2 rings (SSSR count). The van der Waals surface area contributed by atoms with Crippen molar-refractivity contribution >= 4 is 17.0 Å². The highest BCUT2D eigenvalue weighted by atomic mass is 16.4. The van der Waals surface area contributed by atoms with E-state index in [-0.39, 0.29) is 17.3 Å². The zero-order valence-corrected chi connectivity index (χ0v) is 11.3. The number of carboxylic acid groups (broad SMARTS) is 1. The van der Waals surface area contributed by atoms with Gasteiger partial charge in [-0.05, 0) is 25.0 Å². The van der Waals surface area contributed by atoms with Crippen molar-refractivity contribution < 1.29 is 9.90 Å². The molecule has 2 N–H and O–H groups in total. The summed E-state index contributed by atoms with van der Waals surface area (Å²) in [5.74, 6) is -0.728. The number of para-hydroxylation sites is 1. The van der Waals surface area contributed by atoms with Crippen molar-refractivity contribution in [3.8, 4) is 0 Å². The minimum Gasteiger partial charge on any atom is -0.478 e. The number of carbonyl (C=O) groups is 1. The second kappa shape index (κ2) is 4.91. The van der Waals surface area contributed by atoms with Crippen LogP contribution in [-0.4, -0.2) is 20.6 Å². The Kier molecular flexibility index (Phi) is 3.46. The van der Waals surface area contributed by atoms with Crippen molar-refractivity contribution in [2.24, 2.45) is 5.92 Å². The zero-order chi connectivity index (χ0) is 14.2.